The smallest absolute Gasteiger partial charge is 0.243 e. The van der Waals surface area contributed by atoms with Crippen molar-refractivity contribution >= 4 is 48.9 Å². The van der Waals surface area contributed by atoms with E-state index in [0.29, 0.717) is 41.5 Å². The van der Waals surface area contributed by atoms with Gasteiger partial charge in [-0.2, -0.15) is 9.42 Å². The second-order valence-electron chi connectivity index (χ2n) is 5.47. The Bertz CT molecular complexity index is 929. The lowest BCUT2D eigenvalue weighted by Crippen LogP contribution is -2.40. The number of halogens is 2. The van der Waals surface area contributed by atoms with Crippen molar-refractivity contribution in [2.45, 2.75) is 4.90 Å². The largest absolute Gasteiger partial charge is 0.505 e. The van der Waals surface area contributed by atoms with Crippen molar-refractivity contribution in [1.29, 1.82) is 0 Å². The number of azo groups is 1. The topological polar surface area (TPSA) is 91.6 Å². The van der Waals surface area contributed by atoms with E-state index in [1.807, 2.05) is 0 Å². The number of sulfonamides is 1. The number of morpholine rings is 1. The van der Waals surface area contributed by atoms with E-state index in [9.17, 15) is 13.5 Å². The lowest BCUT2D eigenvalue weighted by Gasteiger charge is -2.25. The van der Waals surface area contributed by atoms with E-state index < -0.39 is 10.0 Å². The summed E-state index contributed by atoms with van der Waals surface area (Å²) < 4.78 is 32.1. The van der Waals surface area contributed by atoms with E-state index in [0.717, 1.165) is 0 Å². The number of benzene rings is 2. The zero-order chi connectivity index (χ0) is 18.7. The highest BCUT2D eigenvalue weighted by atomic mass is 79.9. The standard InChI is InChI=1S/C16H15BrClN3O4S/c17-14-9-11(18)10-15(16(14)22)20-19-12-1-3-13(4-2-12)26(23,24)21-5-7-25-8-6-21/h1-4,9-10,22H,5-8H2. The van der Waals surface area contributed by atoms with Crippen LogP contribution in [0.5, 0.6) is 5.75 Å². The van der Waals surface area contributed by atoms with E-state index in [1.165, 1.54) is 22.5 Å². The number of hydrogen-bond acceptors (Lipinski definition) is 6. The van der Waals surface area contributed by atoms with Crippen LogP contribution in [-0.2, 0) is 14.8 Å². The van der Waals surface area contributed by atoms with Gasteiger partial charge in [-0.1, -0.05) is 11.6 Å². The predicted octanol–water partition coefficient (Wildman–Crippen LogP) is 4.24. The lowest BCUT2D eigenvalue weighted by molar-refractivity contribution is 0.0730. The maximum atomic E-state index is 12.6. The molecule has 1 aliphatic heterocycles. The number of phenols is 1. The summed E-state index contributed by atoms with van der Waals surface area (Å²) in [6.45, 7) is 1.47. The summed E-state index contributed by atoms with van der Waals surface area (Å²) in [4.78, 5) is 0.187. The molecule has 0 saturated carbocycles. The Hall–Kier alpha value is -1.52. The number of phenolic OH excluding ortho intramolecular Hbond substituents is 1. The number of aromatic hydroxyl groups is 1. The third-order valence-corrected chi connectivity index (χ3v) is 6.46. The molecule has 10 heteroatoms. The molecule has 0 atom stereocenters. The van der Waals surface area contributed by atoms with Crippen LogP contribution in [0, 0.1) is 0 Å². The molecule has 0 unspecified atom stereocenters. The first-order chi connectivity index (χ1) is 12.4. The third-order valence-electron chi connectivity index (χ3n) is 3.73. The third kappa shape index (κ3) is 4.24. The Labute approximate surface area is 164 Å². The maximum absolute atomic E-state index is 12.6. The van der Waals surface area contributed by atoms with E-state index in [2.05, 4.69) is 26.2 Å². The molecule has 1 fully saturated rings. The zero-order valence-electron chi connectivity index (χ0n) is 13.5. The maximum Gasteiger partial charge on any atom is 0.243 e. The highest BCUT2D eigenvalue weighted by Crippen LogP contribution is 2.38. The van der Waals surface area contributed by atoms with Gasteiger partial charge in [0, 0.05) is 18.1 Å². The van der Waals surface area contributed by atoms with Crippen LogP contribution in [0.2, 0.25) is 5.02 Å². The quantitative estimate of drug-likeness (QED) is 0.691. The molecule has 1 N–H and O–H groups in total. The molecule has 3 rings (SSSR count). The van der Waals surface area contributed by atoms with Gasteiger partial charge in [0.25, 0.3) is 0 Å². The van der Waals surface area contributed by atoms with Crippen molar-refractivity contribution in [2.75, 3.05) is 26.3 Å². The number of ether oxygens (including phenoxy) is 1. The number of rotatable bonds is 4. The summed E-state index contributed by atoms with van der Waals surface area (Å²) in [5.41, 5.74) is 0.649. The minimum absolute atomic E-state index is 0.0790. The minimum Gasteiger partial charge on any atom is -0.505 e. The Morgan fingerprint density at radius 3 is 2.42 bits per heavy atom. The summed E-state index contributed by atoms with van der Waals surface area (Å²) in [6.07, 6.45) is 0. The van der Waals surface area contributed by atoms with E-state index in [-0.39, 0.29) is 16.3 Å². The van der Waals surface area contributed by atoms with Crippen molar-refractivity contribution in [2.24, 2.45) is 10.2 Å². The van der Waals surface area contributed by atoms with E-state index >= 15 is 0 Å². The molecule has 0 aromatic heterocycles. The van der Waals surface area contributed by atoms with Crippen LogP contribution in [0.3, 0.4) is 0 Å². The van der Waals surface area contributed by atoms with Gasteiger partial charge in [-0.05, 0) is 52.3 Å². The van der Waals surface area contributed by atoms with Crippen molar-refractivity contribution in [3.8, 4) is 5.75 Å². The molecule has 26 heavy (non-hydrogen) atoms. The second kappa shape index (κ2) is 8.01. The Morgan fingerprint density at radius 1 is 1.12 bits per heavy atom. The first-order valence-electron chi connectivity index (χ1n) is 7.65. The van der Waals surface area contributed by atoms with Gasteiger partial charge in [-0.25, -0.2) is 8.42 Å². The summed E-state index contributed by atoms with van der Waals surface area (Å²) in [7, 11) is -3.55. The van der Waals surface area contributed by atoms with Crippen LogP contribution in [-0.4, -0.2) is 44.1 Å². The average molecular weight is 461 g/mol. The van der Waals surface area contributed by atoms with Crippen molar-refractivity contribution < 1.29 is 18.3 Å². The Balaban J connectivity index is 1.80. The van der Waals surface area contributed by atoms with Crippen LogP contribution in [0.15, 0.2) is 56.0 Å². The van der Waals surface area contributed by atoms with E-state index in [4.69, 9.17) is 16.3 Å². The normalized spacial score (nSPS) is 16.2. The molecule has 138 valence electrons. The van der Waals surface area contributed by atoms with Crippen molar-refractivity contribution in [3.05, 3.63) is 45.9 Å². The first-order valence-corrected chi connectivity index (χ1v) is 10.3. The first kappa shape index (κ1) is 19.2. The SMILES string of the molecule is O=S(=O)(c1ccc(N=Nc2cc(Cl)cc(Br)c2O)cc1)N1CCOCC1. The molecule has 1 heterocycles. The minimum atomic E-state index is -3.55. The molecular formula is C16H15BrClN3O4S. The Kier molecular flexibility index (Phi) is 5.93. The zero-order valence-corrected chi connectivity index (χ0v) is 16.6. The number of nitrogens with zero attached hydrogens (tertiary/aromatic N) is 3. The van der Waals surface area contributed by atoms with Gasteiger partial charge in [0.2, 0.25) is 10.0 Å². The fourth-order valence-electron chi connectivity index (χ4n) is 2.36. The molecule has 7 nitrogen and oxygen atoms in total. The van der Waals surface area contributed by atoms with Crippen LogP contribution < -0.4 is 0 Å². The molecule has 0 amide bonds. The molecule has 1 aliphatic rings. The predicted molar refractivity (Wildman–Crippen MR) is 101 cm³/mol. The molecule has 0 spiro atoms. The second-order valence-corrected chi connectivity index (χ2v) is 8.69. The van der Waals surface area contributed by atoms with Gasteiger partial charge in [-0.3, -0.25) is 0 Å². The Morgan fingerprint density at radius 2 is 1.77 bits per heavy atom. The van der Waals surface area contributed by atoms with Crippen LogP contribution >= 0.6 is 27.5 Å². The average Bonchev–Trinajstić information content (AvgIpc) is 2.64. The monoisotopic (exact) mass is 459 g/mol. The fourth-order valence-corrected chi connectivity index (χ4v) is 4.56. The van der Waals surface area contributed by atoms with Gasteiger partial charge >= 0.3 is 0 Å². The van der Waals surface area contributed by atoms with Gasteiger partial charge in [0.1, 0.15) is 5.69 Å². The van der Waals surface area contributed by atoms with Gasteiger partial charge in [-0.15, -0.1) is 5.11 Å². The summed E-state index contributed by atoms with van der Waals surface area (Å²) in [5.74, 6) is -0.0790. The molecule has 2 aromatic carbocycles. The van der Waals surface area contributed by atoms with Gasteiger partial charge in [0.15, 0.2) is 5.75 Å². The molecular weight excluding hydrogens is 446 g/mol. The lowest BCUT2D eigenvalue weighted by atomic mass is 10.3. The summed E-state index contributed by atoms with van der Waals surface area (Å²) in [5, 5.41) is 18.3. The highest BCUT2D eigenvalue weighted by molar-refractivity contribution is 9.10. The molecule has 0 aliphatic carbocycles. The summed E-state index contributed by atoms with van der Waals surface area (Å²) in [6, 6.07) is 9.07. The summed E-state index contributed by atoms with van der Waals surface area (Å²) >= 11 is 9.10. The molecule has 0 bridgehead atoms. The highest BCUT2D eigenvalue weighted by Gasteiger charge is 2.26. The van der Waals surface area contributed by atoms with Crippen molar-refractivity contribution in [3.63, 3.8) is 0 Å². The molecule has 0 radical (unpaired) electrons. The van der Waals surface area contributed by atoms with E-state index in [1.54, 1.807) is 18.2 Å². The van der Waals surface area contributed by atoms with Crippen LogP contribution in [0.1, 0.15) is 0 Å². The van der Waals surface area contributed by atoms with Gasteiger partial charge < -0.3 is 9.84 Å². The molecule has 1 saturated heterocycles. The van der Waals surface area contributed by atoms with Gasteiger partial charge in [0.05, 0.1) is 28.3 Å². The van der Waals surface area contributed by atoms with Crippen LogP contribution in [0.25, 0.3) is 0 Å². The number of hydrogen-bond donors (Lipinski definition) is 1. The fraction of sp³-hybridized carbons (Fsp3) is 0.250. The molecule has 2 aromatic rings. The van der Waals surface area contributed by atoms with Crippen LogP contribution in [0.4, 0.5) is 11.4 Å². The van der Waals surface area contributed by atoms with Crippen molar-refractivity contribution in [1.82, 2.24) is 4.31 Å².